The Morgan fingerprint density at radius 1 is 0.667 bits per heavy atom. The minimum atomic E-state index is -1.23. The number of hydrogen-bond acceptors (Lipinski definition) is 1. The molecule has 0 aromatic heterocycles. The van der Waals surface area contributed by atoms with Gasteiger partial charge in [0.1, 0.15) is 0 Å². The Kier molecular flexibility index (Phi) is 11.6. The van der Waals surface area contributed by atoms with E-state index in [0.29, 0.717) is 0 Å². The average Bonchev–Trinajstić information content (AvgIpc) is 2.49. The Morgan fingerprint density at radius 2 is 1.14 bits per heavy atom. The van der Waals surface area contributed by atoms with Gasteiger partial charge in [0.25, 0.3) is 0 Å². The normalized spacial score (nSPS) is 18.0. The third-order valence-corrected chi connectivity index (χ3v) is 8.83. The number of rotatable bonds is 13. The Balaban J connectivity index is 1.78. The van der Waals surface area contributed by atoms with Gasteiger partial charge in [0.05, 0.1) is 0 Å². The Labute approximate surface area is 135 Å². The first-order valence-corrected chi connectivity index (χ1v) is 12.7. The maximum Gasteiger partial charge on any atom is 0.189 e. The van der Waals surface area contributed by atoms with Crippen LogP contribution >= 0.6 is 0 Å². The van der Waals surface area contributed by atoms with Crippen molar-refractivity contribution in [2.24, 2.45) is 0 Å². The SMILES string of the molecule is CCCCCCCCCCCCCO[Si]1(C)CCCCC1. The lowest BCUT2D eigenvalue weighted by atomic mass is 10.1. The third kappa shape index (κ3) is 10.5. The van der Waals surface area contributed by atoms with E-state index >= 15 is 0 Å². The first-order valence-electron chi connectivity index (χ1n) is 9.91. The predicted molar refractivity (Wildman–Crippen MR) is 97.5 cm³/mol. The zero-order valence-corrected chi connectivity index (χ0v) is 15.9. The van der Waals surface area contributed by atoms with E-state index in [-0.39, 0.29) is 0 Å². The fourth-order valence-corrected chi connectivity index (χ4v) is 6.70. The molecule has 21 heavy (non-hydrogen) atoms. The minimum Gasteiger partial charge on any atom is -0.417 e. The Hall–Kier alpha value is 0.177. The minimum absolute atomic E-state index is 1.06. The molecular weight excluding hydrogens is 272 g/mol. The van der Waals surface area contributed by atoms with Gasteiger partial charge in [-0.25, -0.2) is 0 Å². The molecule has 2 heteroatoms. The molecule has 0 N–H and O–H groups in total. The van der Waals surface area contributed by atoms with E-state index in [1.807, 2.05) is 0 Å². The summed E-state index contributed by atoms with van der Waals surface area (Å²) in [6.07, 6.45) is 20.0. The highest BCUT2D eigenvalue weighted by molar-refractivity contribution is 6.72. The first kappa shape index (κ1) is 19.2. The van der Waals surface area contributed by atoms with E-state index in [0.717, 1.165) is 6.61 Å². The van der Waals surface area contributed by atoms with Crippen molar-refractivity contribution in [1.82, 2.24) is 0 Å². The van der Waals surface area contributed by atoms with Crippen LogP contribution in [-0.4, -0.2) is 14.9 Å². The van der Waals surface area contributed by atoms with Gasteiger partial charge in [-0.2, -0.15) is 0 Å². The van der Waals surface area contributed by atoms with Crippen LogP contribution in [0, 0.1) is 0 Å². The lowest BCUT2D eigenvalue weighted by molar-refractivity contribution is 0.283. The van der Waals surface area contributed by atoms with Crippen LogP contribution in [0.1, 0.15) is 96.8 Å². The summed E-state index contributed by atoms with van der Waals surface area (Å²) >= 11 is 0. The van der Waals surface area contributed by atoms with Crippen LogP contribution in [0.3, 0.4) is 0 Å². The molecular formula is C19H40OSi. The van der Waals surface area contributed by atoms with Gasteiger partial charge in [-0.15, -0.1) is 0 Å². The summed E-state index contributed by atoms with van der Waals surface area (Å²) in [6, 6.07) is 2.84. The quantitative estimate of drug-likeness (QED) is 0.261. The largest absolute Gasteiger partial charge is 0.417 e. The number of hydrogen-bond donors (Lipinski definition) is 0. The van der Waals surface area contributed by atoms with Gasteiger partial charge in [0.2, 0.25) is 0 Å². The Morgan fingerprint density at radius 3 is 1.67 bits per heavy atom. The van der Waals surface area contributed by atoms with E-state index in [1.165, 1.54) is 102 Å². The van der Waals surface area contributed by atoms with Gasteiger partial charge in [0, 0.05) is 6.61 Å². The van der Waals surface area contributed by atoms with Gasteiger partial charge < -0.3 is 4.43 Å². The predicted octanol–water partition coefficient (Wildman–Crippen LogP) is 7.07. The van der Waals surface area contributed by atoms with Crippen LogP contribution in [-0.2, 0) is 4.43 Å². The van der Waals surface area contributed by atoms with Gasteiger partial charge in [-0.1, -0.05) is 90.4 Å². The molecule has 1 saturated heterocycles. The molecule has 1 aliphatic heterocycles. The summed E-state index contributed by atoms with van der Waals surface area (Å²) in [7, 11) is -1.23. The molecule has 0 saturated carbocycles. The highest BCUT2D eigenvalue weighted by Gasteiger charge is 2.30. The van der Waals surface area contributed by atoms with Crippen molar-refractivity contribution in [3.8, 4) is 0 Å². The van der Waals surface area contributed by atoms with Gasteiger partial charge in [-0.05, 0) is 25.1 Å². The molecule has 1 aliphatic rings. The maximum atomic E-state index is 6.29. The molecule has 0 bridgehead atoms. The van der Waals surface area contributed by atoms with Crippen LogP contribution in [0.4, 0.5) is 0 Å². The standard InChI is InChI=1S/C19H40OSi/c1-3-4-5-6-7-8-9-10-11-12-14-17-20-21(2)18-15-13-16-19-21/h3-19H2,1-2H3. The molecule has 0 radical (unpaired) electrons. The van der Waals surface area contributed by atoms with Gasteiger partial charge in [0.15, 0.2) is 8.32 Å². The summed E-state index contributed by atoms with van der Waals surface area (Å²) in [5.41, 5.74) is 0. The average molecular weight is 313 g/mol. The second kappa shape index (κ2) is 12.7. The van der Waals surface area contributed by atoms with Crippen molar-refractivity contribution in [1.29, 1.82) is 0 Å². The lowest BCUT2D eigenvalue weighted by Gasteiger charge is -2.31. The fraction of sp³-hybridized carbons (Fsp3) is 1.00. The summed E-state index contributed by atoms with van der Waals surface area (Å²) in [6.45, 7) is 5.81. The topological polar surface area (TPSA) is 9.23 Å². The molecule has 1 fully saturated rings. The molecule has 1 nitrogen and oxygen atoms in total. The van der Waals surface area contributed by atoms with Crippen molar-refractivity contribution >= 4 is 8.32 Å². The molecule has 0 aliphatic carbocycles. The van der Waals surface area contributed by atoms with E-state index in [9.17, 15) is 0 Å². The van der Waals surface area contributed by atoms with Crippen LogP contribution in [0.15, 0.2) is 0 Å². The molecule has 126 valence electrons. The summed E-state index contributed by atoms with van der Waals surface area (Å²) in [5.74, 6) is 0. The Bertz CT molecular complexity index is 224. The molecule has 0 aromatic rings. The van der Waals surface area contributed by atoms with E-state index in [2.05, 4.69) is 13.5 Å². The van der Waals surface area contributed by atoms with Crippen molar-refractivity contribution in [3.05, 3.63) is 0 Å². The number of unbranched alkanes of at least 4 members (excludes halogenated alkanes) is 10. The zero-order chi connectivity index (χ0) is 15.2. The highest BCUT2D eigenvalue weighted by Crippen LogP contribution is 2.29. The molecule has 0 spiro atoms. The molecule has 1 rings (SSSR count). The van der Waals surface area contributed by atoms with Crippen LogP contribution < -0.4 is 0 Å². The van der Waals surface area contributed by atoms with E-state index in [1.54, 1.807) is 0 Å². The van der Waals surface area contributed by atoms with Gasteiger partial charge >= 0.3 is 0 Å². The van der Waals surface area contributed by atoms with Crippen molar-refractivity contribution in [2.75, 3.05) is 6.61 Å². The van der Waals surface area contributed by atoms with Gasteiger partial charge in [-0.3, -0.25) is 0 Å². The zero-order valence-electron chi connectivity index (χ0n) is 14.9. The smallest absolute Gasteiger partial charge is 0.189 e. The molecule has 0 aromatic carbocycles. The first-order chi connectivity index (χ1) is 10.3. The fourth-order valence-electron chi connectivity index (χ4n) is 3.53. The molecule has 0 amide bonds. The van der Waals surface area contributed by atoms with Crippen molar-refractivity contribution in [2.45, 2.75) is 115 Å². The summed E-state index contributed by atoms with van der Waals surface area (Å²) < 4.78 is 6.29. The van der Waals surface area contributed by atoms with Crippen LogP contribution in [0.2, 0.25) is 18.6 Å². The lowest BCUT2D eigenvalue weighted by Crippen LogP contribution is -2.36. The van der Waals surface area contributed by atoms with Crippen molar-refractivity contribution in [3.63, 3.8) is 0 Å². The van der Waals surface area contributed by atoms with Crippen molar-refractivity contribution < 1.29 is 4.43 Å². The second-order valence-corrected chi connectivity index (χ2v) is 11.6. The summed E-state index contributed by atoms with van der Waals surface area (Å²) in [5, 5.41) is 0. The third-order valence-electron chi connectivity index (χ3n) is 5.11. The van der Waals surface area contributed by atoms with E-state index in [4.69, 9.17) is 4.43 Å². The highest BCUT2D eigenvalue weighted by atomic mass is 28.4. The maximum absolute atomic E-state index is 6.29. The summed E-state index contributed by atoms with van der Waals surface area (Å²) in [4.78, 5) is 0. The van der Waals surface area contributed by atoms with Crippen LogP contribution in [0.5, 0.6) is 0 Å². The van der Waals surface area contributed by atoms with Crippen LogP contribution in [0.25, 0.3) is 0 Å². The molecule has 1 heterocycles. The van der Waals surface area contributed by atoms with E-state index < -0.39 is 8.32 Å². The molecule has 0 atom stereocenters. The molecule has 0 unspecified atom stereocenters. The monoisotopic (exact) mass is 312 g/mol. The second-order valence-electron chi connectivity index (χ2n) is 7.39.